The zero-order valence-corrected chi connectivity index (χ0v) is 17.5. The highest BCUT2D eigenvalue weighted by Crippen LogP contribution is 2.53. The van der Waals surface area contributed by atoms with Crippen molar-refractivity contribution in [2.24, 2.45) is 5.41 Å². The van der Waals surface area contributed by atoms with Crippen LogP contribution < -0.4 is 4.74 Å². The average Bonchev–Trinajstić information content (AvgIpc) is 2.92. The summed E-state index contributed by atoms with van der Waals surface area (Å²) in [5.41, 5.74) is 0.435. The molecule has 5 nitrogen and oxygen atoms in total. The third-order valence-electron chi connectivity index (χ3n) is 5.39. The summed E-state index contributed by atoms with van der Waals surface area (Å²) in [6.07, 6.45) is -3.23. The topological polar surface area (TPSA) is 64.3 Å². The Morgan fingerprint density at radius 2 is 2.07 bits per heavy atom. The van der Waals surface area contributed by atoms with Gasteiger partial charge in [0.2, 0.25) is 0 Å². The van der Waals surface area contributed by atoms with Gasteiger partial charge >= 0.3 is 12.1 Å². The van der Waals surface area contributed by atoms with Gasteiger partial charge in [0.1, 0.15) is 12.4 Å². The first-order chi connectivity index (χ1) is 13.6. The van der Waals surface area contributed by atoms with E-state index in [0.717, 1.165) is 10.2 Å². The second kappa shape index (κ2) is 8.38. The van der Waals surface area contributed by atoms with Crippen molar-refractivity contribution in [2.75, 3.05) is 6.61 Å². The second-order valence-electron chi connectivity index (χ2n) is 7.50. The molecule has 9 heteroatoms. The number of aromatic nitrogens is 2. The number of nitrogens with zero attached hydrogens (tertiary/aromatic N) is 2. The van der Waals surface area contributed by atoms with E-state index >= 15 is 0 Å². The summed E-state index contributed by atoms with van der Waals surface area (Å²) in [6, 6.07) is 7.00. The summed E-state index contributed by atoms with van der Waals surface area (Å²) >= 11 is 3.39. The van der Waals surface area contributed by atoms with Crippen molar-refractivity contribution in [3.8, 4) is 5.75 Å². The first-order valence-corrected chi connectivity index (χ1v) is 10.1. The molecule has 1 heterocycles. The molecule has 1 N–H and O–H groups in total. The normalized spacial score (nSPS) is 15.8. The molecule has 3 rings (SSSR count). The standard InChI is InChI=1S/C20H22BrF3N2O3/c1-13-9-16(4-6-18(27)28)25-26(13)11-14-10-15(21)3-5-17(14)29-12-19(7-2-8-19)20(22,23)24/h3,5,9-10H,2,4,6-8,11-12H2,1H3,(H,27,28). The van der Waals surface area contributed by atoms with Crippen molar-refractivity contribution in [3.05, 3.63) is 45.7 Å². The summed E-state index contributed by atoms with van der Waals surface area (Å²) < 4.78 is 48.4. The van der Waals surface area contributed by atoms with Gasteiger partial charge in [-0.1, -0.05) is 22.4 Å². The number of hydrogen-bond donors (Lipinski definition) is 1. The lowest BCUT2D eigenvalue weighted by Crippen LogP contribution is -2.48. The number of aryl methyl sites for hydroxylation is 2. The molecule has 1 aliphatic carbocycles. The zero-order valence-electron chi connectivity index (χ0n) is 15.9. The van der Waals surface area contributed by atoms with Crippen LogP contribution in [0.2, 0.25) is 0 Å². The molecule has 29 heavy (non-hydrogen) atoms. The van der Waals surface area contributed by atoms with Crippen LogP contribution in [0, 0.1) is 12.3 Å². The van der Waals surface area contributed by atoms with Crippen LogP contribution in [-0.4, -0.2) is 33.6 Å². The number of hydrogen-bond acceptors (Lipinski definition) is 3. The van der Waals surface area contributed by atoms with Crippen molar-refractivity contribution < 1.29 is 27.8 Å². The third-order valence-corrected chi connectivity index (χ3v) is 5.88. The largest absolute Gasteiger partial charge is 0.492 e. The van der Waals surface area contributed by atoms with Crippen LogP contribution in [0.15, 0.2) is 28.7 Å². The number of alkyl halides is 3. The molecule has 1 aromatic carbocycles. The Bertz CT molecular complexity index is 892. The molecule has 158 valence electrons. The summed E-state index contributed by atoms with van der Waals surface area (Å²) in [6.45, 7) is 1.77. The van der Waals surface area contributed by atoms with Gasteiger partial charge in [0, 0.05) is 22.2 Å². The van der Waals surface area contributed by atoms with E-state index in [0.29, 0.717) is 36.4 Å². The lowest BCUT2D eigenvalue weighted by molar-refractivity contribution is -0.259. The van der Waals surface area contributed by atoms with Crippen molar-refractivity contribution >= 4 is 21.9 Å². The maximum Gasteiger partial charge on any atom is 0.397 e. The minimum atomic E-state index is -4.28. The van der Waals surface area contributed by atoms with E-state index in [1.807, 2.05) is 13.0 Å². The maximum absolute atomic E-state index is 13.4. The molecule has 0 radical (unpaired) electrons. The first kappa shape index (κ1) is 21.7. The minimum Gasteiger partial charge on any atom is -0.492 e. The molecule has 1 aliphatic rings. The van der Waals surface area contributed by atoms with Crippen LogP contribution in [0.25, 0.3) is 0 Å². The SMILES string of the molecule is Cc1cc(CCC(=O)O)nn1Cc1cc(Br)ccc1OCC1(C(F)(F)F)CCC1. The lowest BCUT2D eigenvalue weighted by atomic mass is 9.69. The van der Waals surface area contributed by atoms with Gasteiger partial charge in [0.15, 0.2) is 0 Å². The van der Waals surface area contributed by atoms with Gasteiger partial charge in [-0.2, -0.15) is 18.3 Å². The fourth-order valence-electron chi connectivity index (χ4n) is 3.40. The molecule has 1 aromatic heterocycles. The molecule has 0 atom stereocenters. The van der Waals surface area contributed by atoms with Crippen molar-refractivity contribution in [3.63, 3.8) is 0 Å². The van der Waals surface area contributed by atoms with Crippen LogP contribution in [0.3, 0.4) is 0 Å². The maximum atomic E-state index is 13.4. The Balaban J connectivity index is 1.77. The summed E-state index contributed by atoms with van der Waals surface area (Å²) in [5, 5.41) is 13.2. The number of carboxylic acids is 1. The molecule has 0 aliphatic heterocycles. The van der Waals surface area contributed by atoms with Gasteiger partial charge in [0.25, 0.3) is 0 Å². The number of aliphatic carboxylic acids is 1. The van der Waals surface area contributed by atoms with Crippen LogP contribution in [0.4, 0.5) is 13.2 Å². The van der Waals surface area contributed by atoms with Gasteiger partial charge < -0.3 is 9.84 Å². The number of carboxylic acid groups (broad SMARTS) is 1. The Hall–Kier alpha value is -2.03. The zero-order chi connectivity index (χ0) is 21.2. The smallest absolute Gasteiger partial charge is 0.397 e. The molecule has 0 unspecified atom stereocenters. The average molecular weight is 475 g/mol. The van der Waals surface area contributed by atoms with E-state index in [1.54, 1.807) is 22.9 Å². The van der Waals surface area contributed by atoms with E-state index in [1.165, 1.54) is 0 Å². The number of carbonyl (C=O) groups is 1. The number of rotatable bonds is 8. The molecule has 0 spiro atoms. The molecular formula is C20H22BrF3N2O3. The van der Waals surface area contributed by atoms with Gasteiger partial charge in [-0.25, -0.2) is 0 Å². The van der Waals surface area contributed by atoms with E-state index in [-0.39, 0.29) is 19.3 Å². The predicted octanol–water partition coefficient (Wildman–Crippen LogP) is 5.13. The van der Waals surface area contributed by atoms with Gasteiger partial charge in [-0.3, -0.25) is 9.48 Å². The van der Waals surface area contributed by atoms with Crippen LogP contribution in [0.5, 0.6) is 5.75 Å². The summed E-state index contributed by atoms with van der Waals surface area (Å²) in [4.78, 5) is 10.8. The molecular weight excluding hydrogens is 453 g/mol. The fraction of sp³-hybridized carbons (Fsp3) is 0.500. The van der Waals surface area contributed by atoms with Crippen molar-refractivity contribution in [1.29, 1.82) is 0 Å². The second-order valence-corrected chi connectivity index (χ2v) is 8.42. The molecule has 2 aromatic rings. The van der Waals surface area contributed by atoms with E-state index < -0.39 is 24.2 Å². The molecule has 1 saturated carbocycles. The number of benzene rings is 1. The highest BCUT2D eigenvalue weighted by atomic mass is 79.9. The highest BCUT2D eigenvalue weighted by Gasteiger charge is 2.58. The summed E-state index contributed by atoms with van der Waals surface area (Å²) in [7, 11) is 0. The predicted molar refractivity (Wildman–Crippen MR) is 104 cm³/mol. The summed E-state index contributed by atoms with van der Waals surface area (Å²) in [5.74, 6) is -0.500. The first-order valence-electron chi connectivity index (χ1n) is 9.33. The van der Waals surface area contributed by atoms with Gasteiger partial charge in [0.05, 0.1) is 24.1 Å². The van der Waals surface area contributed by atoms with E-state index in [4.69, 9.17) is 9.84 Å². The minimum absolute atomic E-state index is 0.0127. The monoisotopic (exact) mass is 474 g/mol. The van der Waals surface area contributed by atoms with Crippen molar-refractivity contribution in [2.45, 2.75) is 51.7 Å². The van der Waals surface area contributed by atoms with Crippen molar-refractivity contribution in [1.82, 2.24) is 9.78 Å². The molecule has 0 amide bonds. The Kier molecular flexibility index (Phi) is 6.26. The van der Waals surface area contributed by atoms with Gasteiger partial charge in [-0.05, 0) is 44.0 Å². The Morgan fingerprint density at radius 1 is 1.34 bits per heavy atom. The van der Waals surface area contributed by atoms with Crippen LogP contribution in [0.1, 0.15) is 42.6 Å². The quantitative estimate of drug-likeness (QED) is 0.575. The highest BCUT2D eigenvalue weighted by molar-refractivity contribution is 9.10. The van der Waals surface area contributed by atoms with E-state index in [9.17, 15) is 18.0 Å². The third kappa shape index (κ3) is 4.94. The Morgan fingerprint density at radius 3 is 2.66 bits per heavy atom. The van der Waals surface area contributed by atoms with Gasteiger partial charge in [-0.15, -0.1) is 0 Å². The number of halogens is 4. The molecule has 0 saturated heterocycles. The lowest BCUT2D eigenvalue weighted by Gasteiger charge is -2.42. The molecule has 0 bridgehead atoms. The van der Waals surface area contributed by atoms with Crippen LogP contribution >= 0.6 is 15.9 Å². The van der Waals surface area contributed by atoms with E-state index in [2.05, 4.69) is 21.0 Å². The fourth-order valence-corrected chi connectivity index (χ4v) is 3.81. The van der Waals surface area contributed by atoms with Crippen LogP contribution in [-0.2, 0) is 17.8 Å². The molecule has 1 fully saturated rings. The Labute approximate surface area is 175 Å². The number of ether oxygens (including phenoxy) is 1.